The molecule has 0 N–H and O–H groups in total. The lowest BCUT2D eigenvalue weighted by Crippen LogP contribution is -1.93. The second-order valence-electron chi connectivity index (χ2n) is 2.87. The van der Waals surface area contributed by atoms with Crippen molar-refractivity contribution < 1.29 is 9.47 Å². The highest BCUT2D eigenvalue weighted by atomic mass is 79.9. The van der Waals surface area contributed by atoms with Crippen LogP contribution in [0.15, 0.2) is 10.5 Å². The highest BCUT2D eigenvalue weighted by molar-refractivity contribution is 9.10. The van der Waals surface area contributed by atoms with Crippen LogP contribution in [0.2, 0.25) is 0 Å². The summed E-state index contributed by atoms with van der Waals surface area (Å²) in [5.41, 5.74) is 2.37. The van der Waals surface area contributed by atoms with Crippen LogP contribution in [0.25, 0.3) is 0 Å². The maximum atomic E-state index is 5.34. The number of fused-ring (bicyclic) bond motifs is 1. The molecule has 3 heteroatoms. The van der Waals surface area contributed by atoms with E-state index in [-0.39, 0.29) is 0 Å². The second kappa shape index (κ2) is 2.66. The lowest BCUT2D eigenvalue weighted by Gasteiger charge is -2.05. The number of aryl methyl sites for hydroxylation is 1. The lowest BCUT2D eigenvalue weighted by molar-refractivity contribution is 0.173. The molecule has 0 radical (unpaired) electrons. The van der Waals surface area contributed by atoms with Crippen LogP contribution in [0, 0.1) is 13.8 Å². The van der Waals surface area contributed by atoms with Crippen LogP contribution in [0.1, 0.15) is 11.1 Å². The molecule has 0 saturated heterocycles. The van der Waals surface area contributed by atoms with Crippen molar-refractivity contribution in [2.24, 2.45) is 0 Å². The van der Waals surface area contributed by atoms with Crippen molar-refractivity contribution in [3.8, 4) is 11.5 Å². The van der Waals surface area contributed by atoms with Gasteiger partial charge in [0.25, 0.3) is 0 Å². The van der Waals surface area contributed by atoms with E-state index in [1.54, 1.807) is 0 Å². The molecular weight excluding hydrogens is 220 g/mol. The smallest absolute Gasteiger partial charge is 0.231 e. The highest BCUT2D eigenvalue weighted by Crippen LogP contribution is 2.42. The summed E-state index contributed by atoms with van der Waals surface area (Å²) in [5, 5.41) is 0. The van der Waals surface area contributed by atoms with Gasteiger partial charge in [-0.25, -0.2) is 0 Å². The quantitative estimate of drug-likeness (QED) is 0.680. The van der Waals surface area contributed by atoms with Gasteiger partial charge in [0.1, 0.15) is 0 Å². The Morgan fingerprint density at radius 3 is 2.67 bits per heavy atom. The van der Waals surface area contributed by atoms with E-state index in [0.29, 0.717) is 6.79 Å². The van der Waals surface area contributed by atoms with Crippen LogP contribution in [-0.2, 0) is 0 Å². The summed E-state index contributed by atoms with van der Waals surface area (Å²) in [4.78, 5) is 0. The summed E-state index contributed by atoms with van der Waals surface area (Å²) in [7, 11) is 0. The Balaban J connectivity index is 2.69. The molecule has 0 amide bonds. The first-order valence-corrected chi connectivity index (χ1v) is 4.54. The second-order valence-corrected chi connectivity index (χ2v) is 3.72. The first-order valence-electron chi connectivity index (χ1n) is 3.75. The zero-order chi connectivity index (χ0) is 8.72. The Morgan fingerprint density at radius 1 is 1.25 bits per heavy atom. The summed E-state index contributed by atoms with van der Waals surface area (Å²) < 4.78 is 11.6. The van der Waals surface area contributed by atoms with Crippen molar-refractivity contribution in [1.82, 2.24) is 0 Å². The molecule has 1 aromatic rings. The van der Waals surface area contributed by atoms with Crippen molar-refractivity contribution >= 4 is 15.9 Å². The molecule has 0 atom stereocenters. The summed E-state index contributed by atoms with van der Waals surface area (Å²) in [5.74, 6) is 1.71. The van der Waals surface area contributed by atoms with Gasteiger partial charge >= 0.3 is 0 Å². The molecule has 0 spiro atoms. The van der Waals surface area contributed by atoms with Gasteiger partial charge in [-0.05, 0) is 47.0 Å². The monoisotopic (exact) mass is 228 g/mol. The van der Waals surface area contributed by atoms with Gasteiger partial charge in [-0.15, -0.1) is 0 Å². The van der Waals surface area contributed by atoms with Crippen LogP contribution < -0.4 is 9.47 Å². The maximum absolute atomic E-state index is 5.34. The van der Waals surface area contributed by atoms with E-state index in [4.69, 9.17) is 9.47 Å². The Hall–Kier alpha value is -0.700. The first-order chi connectivity index (χ1) is 5.70. The number of halogens is 1. The van der Waals surface area contributed by atoms with E-state index >= 15 is 0 Å². The van der Waals surface area contributed by atoms with E-state index in [2.05, 4.69) is 22.9 Å². The summed E-state index contributed by atoms with van der Waals surface area (Å²) in [6.07, 6.45) is 0. The number of hydrogen-bond acceptors (Lipinski definition) is 2. The Labute approximate surface area is 79.6 Å². The lowest BCUT2D eigenvalue weighted by atomic mass is 10.1. The molecule has 12 heavy (non-hydrogen) atoms. The van der Waals surface area contributed by atoms with Crippen LogP contribution in [0.5, 0.6) is 11.5 Å². The fraction of sp³-hybridized carbons (Fsp3) is 0.333. The SMILES string of the molecule is Cc1cc(Br)c2c(c1C)OCO2. The molecule has 1 heterocycles. The van der Waals surface area contributed by atoms with Gasteiger partial charge in [0.2, 0.25) is 6.79 Å². The highest BCUT2D eigenvalue weighted by Gasteiger charge is 2.20. The molecule has 0 fully saturated rings. The molecule has 64 valence electrons. The van der Waals surface area contributed by atoms with Crippen molar-refractivity contribution in [2.45, 2.75) is 13.8 Å². The predicted octanol–water partition coefficient (Wildman–Crippen LogP) is 2.79. The Morgan fingerprint density at radius 2 is 1.92 bits per heavy atom. The molecule has 1 aliphatic rings. The Kier molecular flexibility index (Phi) is 1.76. The predicted molar refractivity (Wildman–Crippen MR) is 49.7 cm³/mol. The van der Waals surface area contributed by atoms with Crippen molar-refractivity contribution in [3.05, 3.63) is 21.7 Å². The summed E-state index contributed by atoms with van der Waals surface area (Å²) in [6.45, 7) is 4.43. The first kappa shape index (κ1) is 7.92. The van der Waals surface area contributed by atoms with E-state index in [0.717, 1.165) is 21.5 Å². The van der Waals surface area contributed by atoms with Crippen molar-refractivity contribution in [3.63, 3.8) is 0 Å². The zero-order valence-corrected chi connectivity index (χ0v) is 8.56. The molecule has 1 aliphatic heterocycles. The van der Waals surface area contributed by atoms with Crippen LogP contribution in [-0.4, -0.2) is 6.79 Å². The standard InChI is InChI=1S/C9H9BrO2/c1-5-3-7(10)9-8(6(5)2)11-4-12-9/h3H,4H2,1-2H3. The van der Waals surface area contributed by atoms with Gasteiger partial charge < -0.3 is 9.47 Å². The molecule has 0 aliphatic carbocycles. The maximum Gasteiger partial charge on any atom is 0.231 e. The van der Waals surface area contributed by atoms with E-state index in [1.807, 2.05) is 13.0 Å². The third kappa shape index (κ3) is 1.00. The molecule has 2 rings (SSSR count). The minimum absolute atomic E-state index is 0.332. The minimum atomic E-state index is 0.332. The van der Waals surface area contributed by atoms with E-state index < -0.39 is 0 Å². The topological polar surface area (TPSA) is 18.5 Å². The average Bonchev–Trinajstić information content (AvgIpc) is 2.48. The fourth-order valence-electron chi connectivity index (χ4n) is 1.28. The van der Waals surface area contributed by atoms with Gasteiger partial charge in [0.05, 0.1) is 4.47 Å². The fourth-order valence-corrected chi connectivity index (χ4v) is 1.92. The third-order valence-corrected chi connectivity index (χ3v) is 2.69. The average molecular weight is 229 g/mol. The van der Waals surface area contributed by atoms with Crippen LogP contribution in [0.4, 0.5) is 0 Å². The third-order valence-electron chi connectivity index (χ3n) is 2.10. The summed E-state index contributed by atoms with van der Waals surface area (Å²) >= 11 is 3.43. The molecule has 0 unspecified atom stereocenters. The molecule has 0 bridgehead atoms. The Bertz CT molecular complexity index is 334. The van der Waals surface area contributed by atoms with Gasteiger partial charge in [-0.2, -0.15) is 0 Å². The van der Waals surface area contributed by atoms with Crippen molar-refractivity contribution in [2.75, 3.05) is 6.79 Å². The molecular formula is C9H9BrO2. The van der Waals surface area contributed by atoms with Crippen LogP contribution in [0.3, 0.4) is 0 Å². The minimum Gasteiger partial charge on any atom is -0.453 e. The van der Waals surface area contributed by atoms with Gasteiger partial charge in [0, 0.05) is 0 Å². The van der Waals surface area contributed by atoms with Crippen molar-refractivity contribution in [1.29, 1.82) is 0 Å². The normalized spacial score (nSPS) is 13.6. The van der Waals surface area contributed by atoms with Gasteiger partial charge in [-0.3, -0.25) is 0 Å². The van der Waals surface area contributed by atoms with Gasteiger partial charge in [0.15, 0.2) is 11.5 Å². The van der Waals surface area contributed by atoms with Gasteiger partial charge in [-0.1, -0.05) is 0 Å². The van der Waals surface area contributed by atoms with E-state index in [9.17, 15) is 0 Å². The number of benzene rings is 1. The van der Waals surface area contributed by atoms with E-state index in [1.165, 1.54) is 5.56 Å². The summed E-state index contributed by atoms with van der Waals surface area (Å²) in [6, 6.07) is 2.04. The number of rotatable bonds is 0. The van der Waals surface area contributed by atoms with Crippen LogP contribution >= 0.6 is 15.9 Å². The molecule has 1 aromatic carbocycles. The number of hydrogen-bond donors (Lipinski definition) is 0. The number of ether oxygens (including phenoxy) is 2. The largest absolute Gasteiger partial charge is 0.453 e. The zero-order valence-electron chi connectivity index (χ0n) is 6.98. The molecule has 0 aromatic heterocycles. The molecule has 2 nitrogen and oxygen atoms in total. The molecule has 0 saturated carbocycles.